The van der Waals surface area contributed by atoms with Crippen molar-refractivity contribution in [1.29, 1.82) is 0 Å². The van der Waals surface area contributed by atoms with Crippen LogP contribution in [0.15, 0.2) is 194 Å². The standard InChI is InChI=1S/2C22H25N3.2C21H24N4/c1-14(2)20-13-16-9-5-6-10-17(16)22-21(23-24-25(22)15(3)4)19-12-8-7-11-18(19)20;1-14(2)20-13-16-9-5-6-10-17(16)21-22(25(15(3)4)24-23-21)19-12-8-7-11-18(19)20;1-14(2)24-13-16-9-5-6-10-17(16)21-20(22-23-25(21)15(3)4)18-11-7-8-12-19(18)24;1-14(2)24-13-16-9-5-6-10-17(16)20-21(25(15(3)4)23-22-20)18-11-7-8-12-19(18)24/h2*5-12,14-15,20H,13H2,1-4H3;2*5-12,14-15H,13H2,1-4H3. The van der Waals surface area contributed by atoms with Gasteiger partial charge < -0.3 is 9.80 Å². The van der Waals surface area contributed by atoms with Crippen molar-refractivity contribution in [3.05, 3.63) is 228 Å². The molecule has 4 aliphatic rings. The van der Waals surface area contributed by atoms with Gasteiger partial charge in [-0.2, -0.15) is 0 Å². The minimum absolute atomic E-state index is 0.253. The van der Waals surface area contributed by atoms with Gasteiger partial charge in [-0.15, -0.1) is 20.4 Å². The molecule has 14 nitrogen and oxygen atoms in total. The van der Waals surface area contributed by atoms with Gasteiger partial charge in [0, 0.05) is 105 Å². The highest BCUT2D eigenvalue weighted by molar-refractivity contribution is 5.90. The van der Waals surface area contributed by atoms with Gasteiger partial charge in [-0.3, -0.25) is 0 Å². The van der Waals surface area contributed by atoms with Crippen LogP contribution in [0, 0.1) is 11.8 Å². The Hall–Kier alpha value is -10.1. The molecule has 100 heavy (non-hydrogen) atoms. The Morgan fingerprint density at radius 3 is 0.960 bits per heavy atom. The van der Waals surface area contributed by atoms with E-state index in [1.54, 1.807) is 0 Å². The summed E-state index contributed by atoms with van der Waals surface area (Å²) in [5.41, 5.74) is 29.0. The van der Waals surface area contributed by atoms with E-state index in [-0.39, 0.29) is 24.2 Å². The van der Waals surface area contributed by atoms with Crippen LogP contribution >= 0.6 is 0 Å². The predicted octanol–water partition coefficient (Wildman–Crippen LogP) is 20.8. The minimum Gasteiger partial charge on any atom is -0.364 e. The zero-order chi connectivity index (χ0) is 70.2. The number of benzene rings is 8. The van der Waals surface area contributed by atoms with Gasteiger partial charge in [-0.1, -0.05) is 231 Å². The molecule has 0 N–H and O–H groups in total. The summed E-state index contributed by atoms with van der Waals surface area (Å²) in [5.74, 6) is 2.10. The highest BCUT2D eigenvalue weighted by Gasteiger charge is 2.34. The highest BCUT2D eigenvalue weighted by atomic mass is 15.5. The maximum Gasteiger partial charge on any atom is 0.123 e. The van der Waals surface area contributed by atoms with Crippen LogP contribution in [0.5, 0.6) is 0 Å². The summed E-state index contributed by atoms with van der Waals surface area (Å²) in [6.45, 7) is 37.3. The van der Waals surface area contributed by atoms with Crippen molar-refractivity contribution >= 4 is 11.4 Å². The normalized spacial score (nSPS) is 14.7. The van der Waals surface area contributed by atoms with Crippen molar-refractivity contribution in [3.8, 4) is 90.1 Å². The second kappa shape index (κ2) is 29.0. The summed E-state index contributed by atoms with van der Waals surface area (Å²) in [6.07, 6.45) is 2.09. The molecule has 2 aliphatic heterocycles. The first-order valence-corrected chi connectivity index (χ1v) is 36.3. The van der Waals surface area contributed by atoms with Gasteiger partial charge in [0.1, 0.15) is 22.8 Å². The van der Waals surface area contributed by atoms with Crippen LogP contribution < -0.4 is 9.80 Å². The number of para-hydroxylation sites is 2. The van der Waals surface area contributed by atoms with Gasteiger partial charge in [-0.25, -0.2) is 18.7 Å². The van der Waals surface area contributed by atoms with Gasteiger partial charge in [0.05, 0.1) is 22.8 Å². The Morgan fingerprint density at radius 2 is 0.530 bits per heavy atom. The van der Waals surface area contributed by atoms with Crippen LogP contribution in [0.1, 0.15) is 180 Å². The number of hydrogen-bond acceptors (Lipinski definition) is 10. The first kappa shape index (κ1) is 68.4. The molecule has 0 fully saturated rings. The van der Waals surface area contributed by atoms with Crippen LogP contribution in [0.2, 0.25) is 0 Å². The van der Waals surface area contributed by atoms with Crippen molar-refractivity contribution in [3.63, 3.8) is 0 Å². The molecule has 12 aromatic rings. The molecule has 4 aromatic heterocycles. The van der Waals surface area contributed by atoms with Gasteiger partial charge in [-0.05, 0) is 165 Å². The van der Waals surface area contributed by atoms with Gasteiger partial charge in [0.15, 0.2) is 0 Å². The molecule has 14 heteroatoms. The monoisotopic (exact) mass is 1330 g/mol. The third-order valence-corrected chi connectivity index (χ3v) is 20.4. The molecule has 2 aliphatic carbocycles. The predicted molar refractivity (Wildman–Crippen MR) is 410 cm³/mol. The molecule has 2 unspecified atom stereocenters. The van der Waals surface area contributed by atoms with E-state index in [0.29, 0.717) is 35.8 Å². The minimum atomic E-state index is 0.253. The van der Waals surface area contributed by atoms with Crippen molar-refractivity contribution in [1.82, 2.24) is 60.0 Å². The summed E-state index contributed by atoms with van der Waals surface area (Å²) in [7, 11) is 0. The molecule has 0 amide bonds. The van der Waals surface area contributed by atoms with Crippen LogP contribution in [0.25, 0.3) is 90.1 Å². The van der Waals surface area contributed by atoms with Gasteiger partial charge in [0.2, 0.25) is 0 Å². The number of aromatic nitrogens is 12. The van der Waals surface area contributed by atoms with Crippen molar-refractivity contribution in [2.24, 2.45) is 11.8 Å². The Balaban J connectivity index is 0.000000119. The Bertz CT molecular complexity index is 4530. The SMILES string of the molecule is CC(C)C1Cc2ccccc2-c2c(nnn2C(C)C)-c2ccccc21.CC(C)C1Cc2ccccc2-c2nnn(C(C)C)c2-c2ccccc21.CC(C)N1Cc2ccccc2-c2c(nnn2C(C)C)-c2ccccc21.CC(C)N1Cc2ccccc2-c2nnn(C(C)C)c2-c2ccccc21. The lowest BCUT2D eigenvalue weighted by atomic mass is 9.77. The maximum absolute atomic E-state index is 4.63. The quantitative estimate of drug-likeness (QED) is 0.145. The average Bonchev–Trinajstić information content (AvgIpc) is 1.51. The molecule has 512 valence electrons. The van der Waals surface area contributed by atoms with Crippen LogP contribution in [-0.2, 0) is 25.9 Å². The van der Waals surface area contributed by atoms with E-state index in [2.05, 4.69) is 375 Å². The van der Waals surface area contributed by atoms with E-state index < -0.39 is 0 Å². The van der Waals surface area contributed by atoms with E-state index in [0.717, 1.165) is 77.0 Å². The molecule has 16 rings (SSSR count). The third-order valence-electron chi connectivity index (χ3n) is 20.4. The van der Waals surface area contributed by atoms with Crippen molar-refractivity contribution in [2.45, 2.75) is 185 Å². The molecule has 0 saturated carbocycles. The van der Waals surface area contributed by atoms with Gasteiger partial charge in [0.25, 0.3) is 0 Å². The smallest absolute Gasteiger partial charge is 0.123 e. The number of anilines is 2. The lowest BCUT2D eigenvalue weighted by Gasteiger charge is -2.33. The number of rotatable bonds is 8. The zero-order valence-electron chi connectivity index (χ0n) is 61.3. The Morgan fingerprint density at radius 1 is 0.260 bits per heavy atom. The Labute approximate surface area is 592 Å². The summed E-state index contributed by atoms with van der Waals surface area (Å²) in [4.78, 5) is 4.92. The zero-order valence-corrected chi connectivity index (χ0v) is 61.3. The summed E-state index contributed by atoms with van der Waals surface area (Å²) in [6, 6.07) is 71.2. The molecule has 8 aromatic carbocycles. The molecular weight excluding hydrogens is 1230 g/mol. The lowest BCUT2D eigenvalue weighted by molar-refractivity contribution is 0.493. The first-order valence-electron chi connectivity index (χ1n) is 36.3. The van der Waals surface area contributed by atoms with E-state index in [1.165, 1.54) is 83.7 Å². The van der Waals surface area contributed by atoms with Crippen LogP contribution in [0.3, 0.4) is 0 Å². The van der Waals surface area contributed by atoms with E-state index in [9.17, 15) is 0 Å². The fraction of sp³-hybridized carbons (Fsp3) is 0.349. The largest absolute Gasteiger partial charge is 0.364 e. The molecule has 0 saturated heterocycles. The maximum atomic E-state index is 4.63. The highest BCUT2D eigenvalue weighted by Crippen LogP contribution is 2.48. The molecular formula is C86H98N14. The van der Waals surface area contributed by atoms with Crippen molar-refractivity contribution in [2.75, 3.05) is 9.80 Å². The van der Waals surface area contributed by atoms with Crippen molar-refractivity contribution < 1.29 is 0 Å². The van der Waals surface area contributed by atoms with Crippen LogP contribution in [-0.4, -0.2) is 72.1 Å². The number of hydrogen-bond donors (Lipinski definition) is 0. The molecule has 0 radical (unpaired) electrons. The van der Waals surface area contributed by atoms with E-state index in [4.69, 9.17) is 0 Å². The topological polar surface area (TPSA) is 129 Å². The molecule has 6 heterocycles. The molecule has 2 atom stereocenters. The second-order valence-corrected chi connectivity index (χ2v) is 29.7. The molecule has 0 bridgehead atoms. The fourth-order valence-corrected chi connectivity index (χ4v) is 15.2. The summed E-state index contributed by atoms with van der Waals surface area (Å²) in [5, 5.41) is 36.4. The van der Waals surface area contributed by atoms with E-state index >= 15 is 0 Å². The fourth-order valence-electron chi connectivity index (χ4n) is 15.2. The average molecular weight is 1330 g/mol. The molecule has 0 spiro atoms. The Kier molecular flexibility index (Phi) is 19.9. The van der Waals surface area contributed by atoms with E-state index in [1.807, 2.05) is 0 Å². The lowest BCUT2D eigenvalue weighted by Crippen LogP contribution is -2.31. The second-order valence-electron chi connectivity index (χ2n) is 29.7. The third kappa shape index (κ3) is 13.0. The van der Waals surface area contributed by atoms with Crippen LogP contribution in [0.4, 0.5) is 11.4 Å². The first-order chi connectivity index (χ1) is 48.3. The summed E-state index contributed by atoms with van der Waals surface area (Å²) >= 11 is 0. The number of nitrogens with zero attached hydrogens (tertiary/aromatic N) is 14. The summed E-state index contributed by atoms with van der Waals surface area (Å²) < 4.78 is 8.25. The van der Waals surface area contributed by atoms with Gasteiger partial charge >= 0.3 is 0 Å². The number of fused-ring (bicyclic) bond motifs is 20.